The van der Waals surface area contributed by atoms with Crippen molar-refractivity contribution in [1.29, 1.82) is 0 Å². The Labute approximate surface area is 173 Å². The second-order valence-electron chi connectivity index (χ2n) is 8.15. The van der Waals surface area contributed by atoms with Crippen molar-refractivity contribution >= 4 is 16.9 Å². The van der Waals surface area contributed by atoms with E-state index in [0.29, 0.717) is 17.9 Å². The van der Waals surface area contributed by atoms with Gasteiger partial charge in [0.25, 0.3) is 0 Å². The van der Waals surface area contributed by atoms with Gasteiger partial charge in [-0.3, -0.25) is 0 Å². The second kappa shape index (κ2) is 7.28. The number of anilines is 1. The van der Waals surface area contributed by atoms with E-state index >= 15 is 0 Å². The average Bonchev–Trinajstić information content (AvgIpc) is 3.36. The van der Waals surface area contributed by atoms with Crippen LogP contribution in [-0.2, 0) is 27.1 Å². The zero-order valence-electron chi connectivity index (χ0n) is 16.9. The first kappa shape index (κ1) is 19.4. The number of benzene rings is 1. The molecule has 2 fully saturated rings. The minimum atomic E-state index is -0.766. The third-order valence-corrected chi connectivity index (χ3v) is 5.63. The number of hydrogen-bond acceptors (Lipinski definition) is 8. The SMILES string of the molecule is CC1(C)O[C@@H]2[C@H](O1)[C@@H](CO)O[C@H]2n1nc(CCc2ccccc2)c2c(N)ncnc21. The van der Waals surface area contributed by atoms with Gasteiger partial charge in [-0.25, -0.2) is 14.6 Å². The number of nitrogens with two attached hydrogens (primary N) is 1. The molecule has 0 spiro atoms. The molecule has 2 saturated heterocycles. The molecule has 2 aliphatic heterocycles. The highest BCUT2D eigenvalue weighted by Gasteiger charge is 2.56. The Balaban J connectivity index is 1.53. The van der Waals surface area contributed by atoms with E-state index in [2.05, 4.69) is 22.1 Å². The van der Waals surface area contributed by atoms with Crippen molar-refractivity contribution in [3.05, 3.63) is 47.9 Å². The fraction of sp³-hybridized carbons (Fsp3) is 0.476. The molecular formula is C21H25N5O4. The average molecular weight is 411 g/mol. The number of aromatic nitrogens is 4. The Morgan fingerprint density at radius 3 is 2.63 bits per heavy atom. The Morgan fingerprint density at radius 2 is 1.87 bits per heavy atom. The van der Waals surface area contributed by atoms with Gasteiger partial charge in [0.2, 0.25) is 0 Å². The van der Waals surface area contributed by atoms with Crippen molar-refractivity contribution in [1.82, 2.24) is 19.7 Å². The number of nitrogen functional groups attached to an aromatic ring is 1. The van der Waals surface area contributed by atoms with E-state index in [1.165, 1.54) is 11.9 Å². The van der Waals surface area contributed by atoms with Crippen LogP contribution < -0.4 is 5.73 Å². The molecule has 9 nitrogen and oxygen atoms in total. The van der Waals surface area contributed by atoms with Gasteiger partial charge in [-0.1, -0.05) is 30.3 Å². The van der Waals surface area contributed by atoms with Crippen LogP contribution in [0, 0.1) is 0 Å². The zero-order valence-corrected chi connectivity index (χ0v) is 16.9. The summed E-state index contributed by atoms with van der Waals surface area (Å²) in [4.78, 5) is 8.59. The van der Waals surface area contributed by atoms with Gasteiger partial charge in [0.05, 0.1) is 17.7 Å². The van der Waals surface area contributed by atoms with E-state index in [9.17, 15) is 5.11 Å². The number of aliphatic hydroxyl groups is 1. The molecule has 0 bridgehead atoms. The number of fused-ring (bicyclic) bond motifs is 2. The quantitative estimate of drug-likeness (QED) is 0.650. The van der Waals surface area contributed by atoms with Gasteiger partial charge in [-0.2, -0.15) is 5.10 Å². The normalized spacial score (nSPS) is 27.6. The molecule has 0 saturated carbocycles. The minimum absolute atomic E-state index is 0.172. The summed E-state index contributed by atoms with van der Waals surface area (Å²) in [5.41, 5.74) is 8.80. The first-order chi connectivity index (χ1) is 14.5. The lowest BCUT2D eigenvalue weighted by atomic mass is 10.1. The molecule has 158 valence electrons. The van der Waals surface area contributed by atoms with Crippen molar-refractivity contribution in [3.8, 4) is 0 Å². The first-order valence-electron chi connectivity index (χ1n) is 10.1. The monoisotopic (exact) mass is 411 g/mol. The van der Waals surface area contributed by atoms with E-state index in [1.54, 1.807) is 4.68 Å². The maximum absolute atomic E-state index is 9.79. The molecule has 2 aliphatic rings. The summed E-state index contributed by atoms with van der Waals surface area (Å²) in [6.07, 6.45) is 1.01. The van der Waals surface area contributed by atoms with Crippen molar-refractivity contribution < 1.29 is 19.3 Å². The summed E-state index contributed by atoms with van der Waals surface area (Å²) in [7, 11) is 0. The van der Waals surface area contributed by atoms with Crippen molar-refractivity contribution in [2.45, 2.75) is 57.0 Å². The van der Waals surface area contributed by atoms with E-state index in [-0.39, 0.29) is 12.7 Å². The number of aryl methyl sites for hydroxylation is 2. The molecule has 1 aromatic carbocycles. The van der Waals surface area contributed by atoms with Crippen LogP contribution in [0.3, 0.4) is 0 Å². The largest absolute Gasteiger partial charge is 0.394 e. The molecule has 0 amide bonds. The molecule has 0 radical (unpaired) electrons. The number of ether oxygens (including phenoxy) is 3. The highest BCUT2D eigenvalue weighted by molar-refractivity contribution is 5.88. The second-order valence-corrected chi connectivity index (χ2v) is 8.15. The van der Waals surface area contributed by atoms with Gasteiger partial charge in [-0.15, -0.1) is 0 Å². The molecule has 9 heteroatoms. The third kappa shape index (κ3) is 3.24. The lowest BCUT2D eigenvalue weighted by Gasteiger charge is -2.23. The standard InChI is InChI=1S/C21H25N5O4/c1-21(2)29-16-14(10-27)28-20(17(16)30-21)26-19-15(18(22)23-11-24-19)13(25-26)9-8-12-6-4-3-5-7-12/h3-7,11,14,16-17,20,27H,8-10H2,1-2H3,(H2,22,23,24)/t14-,16-,17-,20-/m1/s1. The van der Waals surface area contributed by atoms with Crippen LogP contribution in [0.4, 0.5) is 5.82 Å². The maximum atomic E-state index is 9.79. The maximum Gasteiger partial charge on any atom is 0.181 e. The third-order valence-electron chi connectivity index (χ3n) is 5.63. The lowest BCUT2D eigenvalue weighted by molar-refractivity contribution is -0.201. The Kier molecular flexibility index (Phi) is 4.70. The van der Waals surface area contributed by atoms with Crippen LogP contribution >= 0.6 is 0 Å². The van der Waals surface area contributed by atoms with Gasteiger partial charge in [-0.05, 0) is 32.3 Å². The van der Waals surface area contributed by atoms with Crippen LogP contribution in [-0.4, -0.2) is 55.6 Å². The van der Waals surface area contributed by atoms with E-state index in [0.717, 1.165) is 17.5 Å². The van der Waals surface area contributed by atoms with Crippen molar-refractivity contribution in [3.63, 3.8) is 0 Å². The minimum Gasteiger partial charge on any atom is -0.394 e. The zero-order chi connectivity index (χ0) is 20.9. The molecule has 30 heavy (non-hydrogen) atoms. The molecule has 2 aromatic heterocycles. The summed E-state index contributed by atoms with van der Waals surface area (Å²) >= 11 is 0. The summed E-state index contributed by atoms with van der Waals surface area (Å²) in [6.45, 7) is 3.53. The van der Waals surface area contributed by atoms with Gasteiger partial charge in [0.1, 0.15) is 30.5 Å². The Morgan fingerprint density at radius 1 is 1.10 bits per heavy atom. The highest BCUT2D eigenvalue weighted by Crippen LogP contribution is 2.43. The van der Waals surface area contributed by atoms with Gasteiger partial charge in [0.15, 0.2) is 17.7 Å². The molecule has 5 rings (SSSR count). The van der Waals surface area contributed by atoms with Crippen LogP contribution in [0.5, 0.6) is 0 Å². The number of aliphatic hydroxyl groups excluding tert-OH is 1. The summed E-state index contributed by atoms with van der Waals surface area (Å²) in [6, 6.07) is 10.2. The summed E-state index contributed by atoms with van der Waals surface area (Å²) in [5.74, 6) is -0.385. The lowest BCUT2D eigenvalue weighted by Crippen LogP contribution is -2.31. The molecule has 3 N–H and O–H groups in total. The van der Waals surface area contributed by atoms with Crippen LogP contribution in [0.1, 0.15) is 31.3 Å². The predicted molar refractivity (Wildman–Crippen MR) is 108 cm³/mol. The van der Waals surface area contributed by atoms with E-state index in [1.807, 2.05) is 32.0 Å². The van der Waals surface area contributed by atoms with Crippen LogP contribution in [0.2, 0.25) is 0 Å². The summed E-state index contributed by atoms with van der Waals surface area (Å²) < 4.78 is 19.8. The summed E-state index contributed by atoms with van der Waals surface area (Å²) in [5, 5.41) is 15.3. The Hall–Kier alpha value is -2.59. The smallest absolute Gasteiger partial charge is 0.181 e. The number of rotatable bonds is 5. The van der Waals surface area contributed by atoms with Gasteiger partial charge < -0.3 is 25.1 Å². The van der Waals surface area contributed by atoms with Gasteiger partial charge in [0, 0.05) is 0 Å². The topological polar surface area (TPSA) is 118 Å². The molecule has 4 heterocycles. The molecule has 3 aromatic rings. The molecule has 0 aliphatic carbocycles. The van der Waals surface area contributed by atoms with Crippen molar-refractivity contribution in [2.75, 3.05) is 12.3 Å². The first-order valence-corrected chi connectivity index (χ1v) is 10.1. The molecule has 4 atom stereocenters. The van der Waals surface area contributed by atoms with E-state index < -0.39 is 24.2 Å². The predicted octanol–water partition coefficient (Wildman–Crippen LogP) is 1.60. The van der Waals surface area contributed by atoms with Crippen molar-refractivity contribution in [2.24, 2.45) is 0 Å². The van der Waals surface area contributed by atoms with Crippen LogP contribution in [0.15, 0.2) is 36.7 Å². The fourth-order valence-corrected chi connectivity index (χ4v) is 4.33. The van der Waals surface area contributed by atoms with Gasteiger partial charge >= 0.3 is 0 Å². The highest BCUT2D eigenvalue weighted by atomic mass is 16.8. The fourth-order valence-electron chi connectivity index (χ4n) is 4.33. The molecular weight excluding hydrogens is 386 g/mol. The Bertz CT molecular complexity index is 1050. The number of nitrogens with zero attached hydrogens (tertiary/aromatic N) is 4. The van der Waals surface area contributed by atoms with Crippen LogP contribution in [0.25, 0.3) is 11.0 Å². The number of hydrogen-bond donors (Lipinski definition) is 2. The molecule has 0 unspecified atom stereocenters. The van der Waals surface area contributed by atoms with E-state index in [4.69, 9.17) is 25.0 Å².